The van der Waals surface area contributed by atoms with E-state index in [2.05, 4.69) is 0 Å². The number of Topliss-reactive ketones (excluding diaryl/α,β-unsaturated/α-hetero) is 1. The Hall–Kier alpha value is -4.46. The van der Waals surface area contributed by atoms with Crippen LogP contribution in [0.2, 0.25) is 0 Å². The molecular formula is C30H32N2O6. The summed E-state index contributed by atoms with van der Waals surface area (Å²) in [6.07, 6.45) is 0. The van der Waals surface area contributed by atoms with Crippen molar-refractivity contribution in [1.29, 1.82) is 0 Å². The molecule has 8 heteroatoms. The molecule has 4 rings (SSSR count). The van der Waals surface area contributed by atoms with E-state index in [0.29, 0.717) is 39.6 Å². The lowest BCUT2D eigenvalue weighted by atomic mass is 9.92. The second-order valence-electron chi connectivity index (χ2n) is 9.36. The highest BCUT2D eigenvalue weighted by Gasteiger charge is 2.47. The van der Waals surface area contributed by atoms with E-state index in [1.807, 2.05) is 57.1 Å². The fraction of sp³-hybridized carbons (Fsp3) is 0.267. The number of aliphatic hydroxyl groups is 1. The zero-order valence-corrected chi connectivity index (χ0v) is 22.7. The topological polar surface area (TPSA) is 88.5 Å². The van der Waals surface area contributed by atoms with Gasteiger partial charge in [-0.25, -0.2) is 0 Å². The van der Waals surface area contributed by atoms with Crippen molar-refractivity contribution in [1.82, 2.24) is 0 Å². The van der Waals surface area contributed by atoms with E-state index < -0.39 is 17.7 Å². The summed E-state index contributed by atoms with van der Waals surface area (Å²) < 4.78 is 16.2. The number of nitrogens with zero attached hydrogens (tertiary/aromatic N) is 2. The molecule has 1 aliphatic heterocycles. The summed E-state index contributed by atoms with van der Waals surface area (Å²) in [7, 11) is 8.46. The zero-order valence-electron chi connectivity index (χ0n) is 22.7. The molecule has 3 aromatic carbocycles. The lowest BCUT2D eigenvalue weighted by Crippen LogP contribution is -2.29. The molecule has 8 nitrogen and oxygen atoms in total. The number of hydrogen-bond donors (Lipinski definition) is 1. The largest absolute Gasteiger partial charge is 0.507 e. The van der Waals surface area contributed by atoms with Crippen molar-refractivity contribution < 1.29 is 28.9 Å². The number of ketones is 1. The van der Waals surface area contributed by atoms with E-state index in [-0.39, 0.29) is 11.3 Å². The lowest BCUT2D eigenvalue weighted by Gasteiger charge is -2.27. The fourth-order valence-corrected chi connectivity index (χ4v) is 4.71. The number of benzene rings is 3. The quantitative estimate of drug-likeness (QED) is 0.268. The Morgan fingerprint density at radius 3 is 1.97 bits per heavy atom. The molecule has 1 unspecified atom stereocenters. The maximum atomic E-state index is 13.6. The molecule has 0 bridgehead atoms. The molecule has 0 spiro atoms. The third-order valence-corrected chi connectivity index (χ3v) is 6.78. The Labute approximate surface area is 222 Å². The maximum Gasteiger partial charge on any atom is 0.300 e. The van der Waals surface area contributed by atoms with Gasteiger partial charge in [-0.05, 0) is 54.8 Å². The predicted octanol–water partition coefficient (Wildman–Crippen LogP) is 5.02. The number of methoxy groups -OCH3 is 3. The van der Waals surface area contributed by atoms with Crippen LogP contribution in [0.15, 0.2) is 60.2 Å². The number of carbonyl (C=O) groups is 2. The second kappa shape index (κ2) is 10.5. The SMILES string of the molecule is COc1cc(OC)cc(N2C(=O)C(=O)/C(=C(/O)c3cc(C)c(OC)cc3C)C2c2ccc(N(C)C)cc2)c1. The third kappa shape index (κ3) is 4.65. The number of aliphatic hydroxyl groups excluding tert-OH is 1. The number of carbonyl (C=O) groups excluding carboxylic acids is 2. The smallest absolute Gasteiger partial charge is 0.300 e. The Morgan fingerprint density at radius 1 is 0.842 bits per heavy atom. The van der Waals surface area contributed by atoms with Gasteiger partial charge in [0.05, 0.1) is 38.6 Å². The summed E-state index contributed by atoms with van der Waals surface area (Å²) in [6.45, 7) is 3.68. The molecular weight excluding hydrogens is 484 g/mol. The highest BCUT2D eigenvalue weighted by atomic mass is 16.5. The van der Waals surface area contributed by atoms with Gasteiger partial charge in [0, 0.05) is 43.5 Å². The van der Waals surface area contributed by atoms with Crippen LogP contribution < -0.4 is 24.0 Å². The van der Waals surface area contributed by atoms with Crippen LogP contribution in [0, 0.1) is 13.8 Å². The maximum absolute atomic E-state index is 13.6. The number of rotatable bonds is 7. The molecule has 0 aliphatic carbocycles. The molecule has 1 atom stereocenters. The highest BCUT2D eigenvalue weighted by Crippen LogP contribution is 2.44. The van der Waals surface area contributed by atoms with E-state index in [1.165, 1.54) is 19.1 Å². The molecule has 1 N–H and O–H groups in total. The number of ether oxygens (including phenoxy) is 3. The van der Waals surface area contributed by atoms with Gasteiger partial charge in [0.2, 0.25) is 0 Å². The van der Waals surface area contributed by atoms with Crippen LogP contribution in [0.1, 0.15) is 28.3 Å². The van der Waals surface area contributed by atoms with E-state index in [1.54, 1.807) is 37.4 Å². The molecule has 0 saturated carbocycles. The van der Waals surface area contributed by atoms with Crippen LogP contribution in [0.5, 0.6) is 17.2 Å². The van der Waals surface area contributed by atoms with Crippen LogP contribution >= 0.6 is 0 Å². The minimum absolute atomic E-state index is 0.00190. The van der Waals surface area contributed by atoms with Gasteiger partial charge < -0.3 is 24.2 Å². The van der Waals surface area contributed by atoms with Gasteiger partial charge in [-0.15, -0.1) is 0 Å². The van der Waals surface area contributed by atoms with Gasteiger partial charge in [-0.3, -0.25) is 14.5 Å². The van der Waals surface area contributed by atoms with Crippen molar-refractivity contribution in [2.75, 3.05) is 45.2 Å². The minimum Gasteiger partial charge on any atom is -0.507 e. The van der Waals surface area contributed by atoms with Gasteiger partial charge >= 0.3 is 0 Å². The van der Waals surface area contributed by atoms with Crippen LogP contribution in [0.3, 0.4) is 0 Å². The molecule has 0 aromatic heterocycles. The molecule has 198 valence electrons. The van der Waals surface area contributed by atoms with Crippen molar-refractivity contribution in [3.05, 3.63) is 82.4 Å². The van der Waals surface area contributed by atoms with E-state index >= 15 is 0 Å². The van der Waals surface area contributed by atoms with Crippen LogP contribution in [0.4, 0.5) is 11.4 Å². The van der Waals surface area contributed by atoms with E-state index in [9.17, 15) is 14.7 Å². The normalized spacial score (nSPS) is 16.5. The van der Waals surface area contributed by atoms with Crippen LogP contribution in [0.25, 0.3) is 5.76 Å². The molecule has 0 radical (unpaired) electrons. The lowest BCUT2D eigenvalue weighted by molar-refractivity contribution is -0.132. The van der Waals surface area contributed by atoms with Crippen LogP contribution in [-0.4, -0.2) is 52.2 Å². The van der Waals surface area contributed by atoms with Crippen molar-refractivity contribution in [2.45, 2.75) is 19.9 Å². The molecule has 1 aliphatic rings. The van der Waals surface area contributed by atoms with Crippen molar-refractivity contribution in [3.63, 3.8) is 0 Å². The number of aryl methyl sites for hydroxylation is 2. The van der Waals surface area contributed by atoms with Crippen molar-refractivity contribution >= 4 is 28.8 Å². The monoisotopic (exact) mass is 516 g/mol. The summed E-state index contributed by atoms with van der Waals surface area (Å²) in [6, 6.07) is 15.2. The van der Waals surface area contributed by atoms with Gasteiger partial charge in [0.25, 0.3) is 11.7 Å². The van der Waals surface area contributed by atoms with Gasteiger partial charge in [0.15, 0.2) is 0 Å². The van der Waals surface area contributed by atoms with Gasteiger partial charge in [0.1, 0.15) is 23.0 Å². The predicted molar refractivity (Wildman–Crippen MR) is 148 cm³/mol. The number of anilines is 2. The average Bonchev–Trinajstić information content (AvgIpc) is 3.18. The summed E-state index contributed by atoms with van der Waals surface area (Å²) in [4.78, 5) is 30.5. The van der Waals surface area contributed by atoms with Crippen LogP contribution in [-0.2, 0) is 9.59 Å². The van der Waals surface area contributed by atoms with E-state index in [4.69, 9.17) is 14.2 Å². The zero-order chi connectivity index (χ0) is 27.7. The average molecular weight is 517 g/mol. The Balaban J connectivity index is 1.99. The number of amides is 1. The Morgan fingerprint density at radius 2 is 1.45 bits per heavy atom. The fourth-order valence-electron chi connectivity index (χ4n) is 4.71. The molecule has 1 fully saturated rings. The first-order chi connectivity index (χ1) is 18.1. The van der Waals surface area contributed by atoms with Gasteiger partial charge in [-0.2, -0.15) is 0 Å². The molecule has 1 saturated heterocycles. The number of hydrogen-bond acceptors (Lipinski definition) is 7. The van der Waals surface area contributed by atoms with Crippen molar-refractivity contribution in [2.24, 2.45) is 0 Å². The molecule has 1 amide bonds. The summed E-state index contributed by atoms with van der Waals surface area (Å²) in [5.74, 6) is -0.191. The van der Waals surface area contributed by atoms with Crippen molar-refractivity contribution in [3.8, 4) is 17.2 Å². The first kappa shape index (κ1) is 26.6. The summed E-state index contributed by atoms with van der Waals surface area (Å²) in [5, 5.41) is 11.6. The Kier molecular flexibility index (Phi) is 7.35. The summed E-state index contributed by atoms with van der Waals surface area (Å²) >= 11 is 0. The third-order valence-electron chi connectivity index (χ3n) is 6.78. The van der Waals surface area contributed by atoms with E-state index in [0.717, 1.165) is 11.3 Å². The molecule has 3 aromatic rings. The first-order valence-corrected chi connectivity index (χ1v) is 12.1. The molecule has 38 heavy (non-hydrogen) atoms. The second-order valence-corrected chi connectivity index (χ2v) is 9.36. The Bertz CT molecular complexity index is 1400. The van der Waals surface area contributed by atoms with Gasteiger partial charge in [-0.1, -0.05) is 12.1 Å². The molecule has 1 heterocycles. The minimum atomic E-state index is -0.884. The highest BCUT2D eigenvalue weighted by molar-refractivity contribution is 6.51. The first-order valence-electron chi connectivity index (χ1n) is 12.1. The summed E-state index contributed by atoms with van der Waals surface area (Å²) in [5.41, 5.74) is 3.99. The standard InChI is InChI=1S/C30H32N2O6/c1-17-13-25(38-7)18(2)12-24(17)28(33)26-27(19-8-10-20(11-9-19)31(3)4)32(30(35)29(26)34)21-14-22(36-5)16-23(15-21)37-6/h8-16,27,33H,1-7H3/b28-26+.